The molecule has 1 aromatic rings. The van der Waals surface area contributed by atoms with Crippen LogP contribution in [0.4, 0.5) is 0 Å². The third-order valence-corrected chi connectivity index (χ3v) is 3.45. The van der Waals surface area contributed by atoms with Gasteiger partial charge in [0.25, 0.3) is 0 Å². The molecule has 7 nitrogen and oxygen atoms in total. The molecule has 0 saturated carbocycles. The molecule has 0 unspecified atom stereocenters. The van der Waals surface area contributed by atoms with Crippen molar-refractivity contribution in [2.45, 2.75) is 19.9 Å². The molecular formula is C17H26N2O5. The van der Waals surface area contributed by atoms with Crippen LogP contribution >= 0.6 is 0 Å². The van der Waals surface area contributed by atoms with E-state index in [9.17, 15) is 9.59 Å². The van der Waals surface area contributed by atoms with Crippen molar-refractivity contribution in [3.8, 4) is 11.5 Å². The van der Waals surface area contributed by atoms with E-state index in [1.54, 1.807) is 33.5 Å². The summed E-state index contributed by atoms with van der Waals surface area (Å²) < 4.78 is 15.4. The Morgan fingerprint density at radius 1 is 1.12 bits per heavy atom. The zero-order valence-corrected chi connectivity index (χ0v) is 14.8. The Labute approximate surface area is 142 Å². The molecule has 7 heteroatoms. The summed E-state index contributed by atoms with van der Waals surface area (Å²) in [6.45, 7) is 2.88. The average molecular weight is 338 g/mol. The predicted octanol–water partition coefficient (Wildman–Crippen LogP) is 1.20. The van der Waals surface area contributed by atoms with Crippen molar-refractivity contribution in [1.82, 2.24) is 10.2 Å². The lowest BCUT2D eigenvalue weighted by molar-refractivity contribution is -0.134. The number of hydrogen-bond donors (Lipinski definition) is 1. The van der Waals surface area contributed by atoms with Crippen molar-refractivity contribution >= 4 is 11.8 Å². The maximum atomic E-state index is 11.9. The molecule has 0 fully saturated rings. The third-order valence-electron chi connectivity index (χ3n) is 3.45. The van der Waals surface area contributed by atoms with Crippen molar-refractivity contribution in [3.05, 3.63) is 23.8 Å². The highest BCUT2D eigenvalue weighted by atomic mass is 16.5. The largest absolute Gasteiger partial charge is 0.493 e. The molecule has 0 aromatic heterocycles. The van der Waals surface area contributed by atoms with Gasteiger partial charge in [0.1, 0.15) is 0 Å². The Balaban J connectivity index is 2.66. The number of hydrogen-bond acceptors (Lipinski definition) is 5. The van der Waals surface area contributed by atoms with Gasteiger partial charge in [-0.1, -0.05) is 6.07 Å². The maximum Gasteiger partial charge on any atom is 0.239 e. The monoisotopic (exact) mass is 338 g/mol. The van der Waals surface area contributed by atoms with E-state index in [1.165, 1.54) is 11.8 Å². The molecule has 2 amide bonds. The summed E-state index contributed by atoms with van der Waals surface area (Å²) in [5.41, 5.74) is 0.857. The van der Waals surface area contributed by atoms with Crippen LogP contribution < -0.4 is 14.8 Å². The first kappa shape index (κ1) is 19.8. The van der Waals surface area contributed by atoms with Gasteiger partial charge in [-0.3, -0.25) is 9.59 Å². The van der Waals surface area contributed by atoms with Crippen LogP contribution in [-0.2, 0) is 20.9 Å². The average Bonchev–Trinajstić information content (AvgIpc) is 2.57. The van der Waals surface area contributed by atoms with Crippen LogP contribution in [0.3, 0.4) is 0 Å². The lowest BCUT2D eigenvalue weighted by Crippen LogP contribution is -2.39. The van der Waals surface area contributed by atoms with Crippen LogP contribution in [0.25, 0.3) is 0 Å². The minimum absolute atomic E-state index is 0.0106. The molecule has 1 aromatic carbocycles. The molecule has 24 heavy (non-hydrogen) atoms. The van der Waals surface area contributed by atoms with E-state index in [-0.39, 0.29) is 18.4 Å². The Morgan fingerprint density at radius 2 is 1.83 bits per heavy atom. The Kier molecular flexibility index (Phi) is 8.64. The lowest BCUT2D eigenvalue weighted by atomic mass is 10.2. The summed E-state index contributed by atoms with van der Waals surface area (Å²) >= 11 is 0. The molecule has 0 aliphatic rings. The van der Waals surface area contributed by atoms with Gasteiger partial charge in [-0.2, -0.15) is 0 Å². The van der Waals surface area contributed by atoms with Crippen LogP contribution in [0, 0.1) is 0 Å². The molecule has 0 radical (unpaired) electrons. The minimum Gasteiger partial charge on any atom is -0.493 e. The van der Waals surface area contributed by atoms with E-state index in [0.717, 1.165) is 12.0 Å². The van der Waals surface area contributed by atoms with E-state index in [2.05, 4.69) is 5.32 Å². The van der Waals surface area contributed by atoms with Crippen LogP contribution in [0.15, 0.2) is 18.2 Å². The molecule has 0 aliphatic carbocycles. The fourth-order valence-electron chi connectivity index (χ4n) is 2.15. The van der Waals surface area contributed by atoms with Crippen molar-refractivity contribution in [2.24, 2.45) is 0 Å². The maximum absolute atomic E-state index is 11.9. The molecule has 1 rings (SSSR count). The number of rotatable bonds is 10. The van der Waals surface area contributed by atoms with Crippen LogP contribution in [0.2, 0.25) is 0 Å². The number of carbonyl (C=O) groups excluding carboxylic acids is 2. The quantitative estimate of drug-likeness (QED) is 0.649. The van der Waals surface area contributed by atoms with Crippen molar-refractivity contribution in [3.63, 3.8) is 0 Å². The van der Waals surface area contributed by atoms with Crippen LogP contribution in [0.1, 0.15) is 18.9 Å². The molecule has 0 atom stereocenters. The number of methoxy groups -OCH3 is 3. The second-order valence-corrected chi connectivity index (χ2v) is 5.26. The molecule has 1 N–H and O–H groups in total. The molecule has 0 heterocycles. The molecule has 0 saturated heterocycles. The highest BCUT2D eigenvalue weighted by molar-refractivity contribution is 5.83. The molecule has 0 spiro atoms. The number of amides is 2. The smallest absolute Gasteiger partial charge is 0.239 e. The number of nitrogens with one attached hydrogen (secondary N) is 1. The van der Waals surface area contributed by atoms with Crippen LogP contribution in [0.5, 0.6) is 11.5 Å². The summed E-state index contributed by atoms with van der Waals surface area (Å²) in [5.74, 6) is 0.840. The van der Waals surface area contributed by atoms with E-state index in [0.29, 0.717) is 31.2 Å². The van der Waals surface area contributed by atoms with Gasteiger partial charge in [0.05, 0.1) is 20.8 Å². The van der Waals surface area contributed by atoms with Crippen LogP contribution in [-0.4, -0.2) is 57.7 Å². The zero-order chi connectivity index (χ0) is 17.9. The van der Waals surface area contributed by atoms with Gasteiger partial charge in [-0.05, 0) is 24.1 Å². The van der Waals surface area contributed by atoms with Gasteiger partial charge in [-0.25, -0.2) is 0 Å². The Bertz CT molecular complexity index is 548. The van der Waals surface area contributed by atoms with Crippen molar-refractivity contribution in [1.29, 1.82) is 0 Å². The summed E-state index contributed by atoms with van der Waals surface area (Å²) in [5, 5.41) is 2.77. The number of ether oxygens (including phenoxy) is 3. The van der Waals surface area contributed by atoms with E-state index in [1.807, 2.05) is 6.07 Å². The highest BCUT2D eigenvalue weighted by Gasteiger charge is 2.15. The van der Waals surface area contributed by atoms with E-state index in [4.69, 9.17) is 14.2 Å². The lowest BCUT2D eigenvalue weighted by Gasteiger charge is -2.21. The summed E-state index contributed by atoms with van der Waals surface area (Å²) in [6, 6.07) is 5.41. The second kappa shape index (κ2) is 10.5. The SMILES string of the molecule is COCCCNC(=O)CN(Cc1ccc(OC)c(OC)c1)C(C)=O. The number of benzene rings is 1. The Hall–Kier alpha value is -2.28. The summed E-state index contributed by atoms with van der Waals surface area (Å²) in [6.07, 6.45) is 0.734. The fraction of sp³-hybridized carbons (Fsp3) is 0.529. The van der Waals surface area contributed by atoms with Gasteiger partial charge in [0, 0.05) is 33.7 Å². The van der Waals surface area contributed by atoms with Gasteiger partial charge >= 0.3 is 0 Å². The predicted molar refractivity (Wildman–Crippen MR) is 90.1 cm³/mol. The van der Waals surface area contributed by atoms with Gasteiger partial charge in [0.15, 0.2) is 11.5 Å². The number of nitrogens with zero attached hydrogens (tertiary/aromatic N) is 1. The van der Waals surface area contributed by atoms with Crippen molar-refractivity contribution in [2.75, 3.05) is 41.0 Å². The molecular weight excluding hydrogens is 312 g/mol. The zero-order valence-electron chi connectivity index (χ0n) is 14.8. The standard InChI is InChI=1S/C17H26N2O5/c1-13(20)19(12-17(21)18-8-5-9-22-2)11-14-6-7-15(23-3)16(10-14)24-4/h6-7,10H,5,8-9,11-12H2,1-4H3,(H,18,21). The first-order valence-electron chi connectivity index (χ1n) is 7.73. The summed E-state index contributed by atoms with van der Waals surface area (Å²) in [4.78, 5) is 25.2. The second-order valence-electron chi connectivity index (χ2n) is 5.26. The first-order chi connectivity index (χ1) is 11.5. The normalized spacial score (nSPS) is 10.2. The minimum atomic E-state index is -0.193. The van der Waals surface area contributed by atoms with Gasteiger partial charge < -0.3 is 24.4 Å². The number of carbonyl (C=O) groups is 2. The van der Waals surface area contributed by atoms with Gasteiger partial charge in [-0.15, -0.1) is 0 Å². The first-order valence-corrected chi connectivity index (χ1v) is 7.73. The van der Waals surface area contributed by atoms with E-state index >= 15 is 0 Å². The molecule has 134 valence electrons. The van der Waals surface area contributed by atoms with Gasteiger partial charge in [0.2, 0.25) is 11.8 Å². The molecule has 0 aliphatic heterocycles. The van der Waals surface area contributed by atoms with Crippen molar-refractivity contribution < 1.29 is 23.8 Å². The Morgan fingerprint density at radius 3 is 2.42 bits per heavy atom. The van der Waals surface area contributed by atoms with E-state index < -0.39 is 0 Å². The topological polar surface area (TPSA) is 77.1 Å². The highest BCUT2D eigenvalue weighted by Crippen LogP contribution is 2.28. The fourth-order valence-corrected chi connectivity index (χ4v) is 2.15. The third kappa shape index (κ3) is 6.45. The summed E-state index contributed by atoms with van der Waals surface area (Å²) in [7, 11) is 4.73. The molecule has 0 bridgehead atoms.